The van der Waals surface area contributed by atoms with Gasteiger partial charge >= 0.3 is 0 Å². The molecule has 0 radical (unpaired) electrons. The van der Waals surface area contributed by atoms with E-state index in [1.807, 2.05) is 0 Å². The quantitative estimate of drug-likeness (QED) is 0.0480. The molecule has 2 aliphatic carbocycles. The fraction of sp³-hybridized carbons (Fsp3) is 0.774. The summed E-state index contributed by atoms with van der Waals surface area (Å²) in [5.74, 6) is 3.70. The predicted molar refractivity (Wildman–Crippen MR) is 301 cm³/mol. The van der Waals surface area contributed by atoms with Gasteiger partial charge in [-0.05, 0) is 102 Å². The standard InChI is InChI=1S/C62H108N4O4/c63-45-33-25-17-9-1-5-13-21-29-37-49-67-59-53-41-42-55-58-56(44-43-54(57(53)58)60(59)68-50-38-30-22-14-6-2-10-18-26-34-46-64)62(70-52-40-32-24-16-8-4-12-20-28-36-48-66)61(55)69-51-39-31-23-15-7-3-11-19-27-35-47-65/h41-44H,1-40,45-52,63-66H2. The second kappa shape index (κ2) is 40.7. The Bertz CT molecular complexity index is 1610. The molecule has 8 heteroatoms. The van der Waals surface area contributed by atoms with Crippen molar-refractivity contribution in [1.82, 2.24) is 0 Å². The minimum atomic E-state index is 0.710. The van der Waals surface area contributed by atoms with Crippen molar-refractivity contribution in [2.45, 2.75) is 257 Å². The summed E-state index contributed by atoms with van der Waals surface area (Å²) < 4.78 is 27.3. The van der Waals surface area contributed by atoms with Gasteiger partial charge in [0.15, 0.2) is 23.0 Å². The molecule has 0 saturated heterocycles. The van der Waals surface area contributed by atoms with Crippen LogP contribution in [0.25, 0.3) is 33.8 Å². The van der Waals surface area contributed by atoms with Crippen molar-refractivity contribution < 1.29 is 18.9 Å². The third-order valence-electron chi connectivity index (χ3n) is 14.9. The third-order valence-corrected chi connectivity index (χ3v) is 14.9. The summed E-state index contributed by atoms with van der Waals surface area (Å²) in [6.07, 6.45) is 50.6. The van der Waals surface area contributed by atoms with Crippen molar-refractivity contribution >= 4 is 33.8 Å². The first-order chi connectivity index (χ1) is 34.8. The zero-order valence-electron chi connectivity index (χ0n) is 45.2. The van der Waals surface area contributed by atoms with Crippen LogP contribution >= 0.6 is 0 Å². The molecule has 0 amide bonds. The lowest BCUT2D eigenvalue weighted by atomic mass is 10.1. The van der Waals surface area contributed by atoms with Gasteiger partial charge in [-0.25, -0.2) is 0 Å². The number of rotatable bonds is 52. The smallest absolute Gasteiger partial charge is 0.169 e. The van der Waals surface area contributed by atoms with Crippen LogP contribution in [-0.4, -0.2) is 52.6 Å². The van der Waals surface area contributed by atoms with Crippen LogP contribution in [0.4, 0.5) is 0 Å². The number of hydrogen-bond donors (Lipinski definition) is 4. The molecule has 2 aromatic carbocycles. The van der Waals surface area contributed by atoms with Crippen LogP contribution in [-0.2, 0) is 18.9 Å². The molecule has 0 fully saturated rings. The number of benzene rings is 2. The number of hydrogen-bond acceptors (Lipinski definition) is 8. The molecule has 0 heterocycles. The minimum Gasteiger partial charge on any atom is -0.489 e. The van der Waals surface area contributed by atoms with Gasteiger partial charge in [-0.2, -0.15) is 0 Å². The molecule has 0 aromatic heterocycles. The summed E-state index contributed by atoms with van der Waals surface area (Å²) in [7, 11) is 0. The first kappa shape index (κ1) is 59.8. The summed E-state index contributed by atoms with van der Waals surface area (Å²) in [6, 6.07) is 9.11. The van der Waals surface area contributed by atoms with Crippen molar-refractivity contribution in [2.24, 2.45) is 22.9 Å². The largest absolute Gasteiger partial charge is 0.489 e. The molecule has 8 N–H and O–H groups in total. The molecule has 0 saturated carbocycles. The Morgan fingerprint density at radius 3 is 0.500 bits per heavy atom. The molecule has 400 valence electrons. The summed E-state index contributed by atoms with van der Waals surface area (Å²) in [6.45, 7) is 6.14. The fourth-order valence-corrected chi connectivity index (χ4v) is 10.7. The normalized spacial score (nSPS) is 12.9. The highest BCUT2D eigenvalue weighted by Gasteiger charge is 2.27. The van der Waals surface area contributed by atoms with E-state index in [2.05, 4.69) is 24.3 Å². The predicted octanol–water partition coefficient (Wildman–Crippen LogP) is 12.8. The highest BCUT2D eigenvalue weighted by atomic mass is 16.5. The second-order valence-electron chi connectivity index (χ2n) is 21.1. The Morgan fingerprint density at radius 2 is 0.343 bits per heavy atom. The lowest BCUT2D eigenvalue weighted by molar-refractivity contribution is 0.224. The highest BCUT2D eigenvalue weighted by Crippen LogP contribution is 2.26. The molecular weight excluding hydrogens is 865 g/mol. The molecule has 0 bridgehead atoms. The van der Waals surface area contributed by atoms with E-state index in [-0.39, 0.29) is 0 Å². The van der Waals surface area contributed by atoms with Crippen LogP contribution < -0.4 is 43.8 Å². The fourth-order valence-electron chi connectivity index (χ4n) is 10.7. The van der Waals surface area contributed by atoms with E-state index in [0.717, 1.165) is 95.8 Å². The Kier molecular flexibility index (Phi) is 34.7. The Morgan fingerprint density at radius 1 is 0.200 bits per heavy atom. The van der Waals surface area contributed by atoms with Crippen LogP contribution in [0.5, 0.6) is 0 Å². The van der Waals surface area contributed by atoms with Gasteiger partial charge in [0.05, 0.1) is 26.4 Å². The van der Waals surface area contributed by atoms with Gasteiger partial charge in [0.2, 0.25) is 0 Å². The monoisotopic (exact) mass is 973 g/mol. The van der Waals surface area contributed by atoms with Crippen molar-refractivity contribution in [2.75, 3.05) is 52.6 Å². The topological polar surface area (TPSA) is 141 Å². The maximum Gasteiger partial charge on any atom is 0.169 e. The molecule has 2 aliphatic rings. The maximum atomic E-state index is 6.83. The van der Waals surface area contributed by atoms with Gasteiger partial charge in [0.1, 0.15) is 0 Å². The van der Waals surface area contributed by atoms with Crippen LogP contribution in [0.1, 0.15) is 257 Å². The average Bonchev–Trinajstić information content (AvgIpc) is 3.85. The van der Waals surface area contributed by atoms with Crippen molar-refractivity contribution in [3.63, 3.8) is 0 Å². The van der Waals surface area contributed by atoms with Gasteiger partial charge in [0, 0.05) is 31.6 Å². The molecule has 0 spiro atoms. The number of nitrogens with two attached hydrogens (primary N) is 4. The zero-order valence-corrected chi connectivity index (χ0v) is 45.2. The van der Waals surface area contributed by atoms with E-state index in [1.54, 1.807) is 0 Å². The van der Waals surface area contributed by atoms with Crippen molar-refractivity contribution in [3.8, 4) is 0 Å². The molecule has 0 unspecified atom stereocenters. The number of ether oxygens (including phenoxy) is 4. The summed E-state index contributed by atoms with van der Waals surface area (Å²) >= 11 is 0. The average molecular weight is 974 g/mol. The molecular formula is C62H108N4O4. The minimum absolute atomic E-state index is 0.710. The Balaban J connectivity index is 1.43. The van der Waals surface area contributed by atoms with E-state index in [1.165, 1.54) is 242 Å². The van der Waals surface area contributed by atoms with Crippen LogP contribution in [0.3, 0.4) is 0 Å². The van der Waals surface area contributed by atoms with E-state index in [0.29, 0.717) is 26.4 Å². The van der Waals surface area contributed by atoms with Crippen LogP contribution in [0.15, 0.2) is 24.3 Å². The lowest BCUT2D eigenvalue weighted by Gasteiger charge is -2.14. The molecule has 70 heavy (non-hydrogen) atoms. The first-order valence-corrected chi connectivity index (χ1v) is 30.2. The maximum absolute atomic E-state index is 6.83. The van der Waals surface area contributed by atoms with Crippen LogP contribution in [0.2, 0.25) is 0 Å². The molecule has 0 atom stereocenters. The van der Waals surface area contributed by atoms with E-state index < -0.39 is 0 Å². The van der Waals surface area contributed by atoms with Crippen LogP contribution in [0, 0.1) is 0 Å². The highest BCUT2D eigenvalue weighted by molar-refractivity contribution is 6.04. The van der Waals surface area contributed by atoms with Gasteiger partial charge in [-0.1, -0.05) is 205 Å². The third kappa shape index (κ3) is 23.4. The van der Waals surface area contributed by atoms with E-state index in [4.69, 9.17) is 41.9 Å². The number of unbranched alkanes of at least 4 members (excludes halogenated alkanes) is 36. The Labute approximate surface area is 428 Å². The van der Waals surface area contributed by atoms with Gasteiger partial charge < -0.3 is 41.9 Å². The van der Waals surface area contributed by atoms with E-state index in [9.17, 15) is 0 Å². The second-order valence-corrected chi connectivity index (χ2v) is 21.1. The summed E-state index contributed by atoms with van der Waals surface area (Å²) in [4.78, 5) is 0. The summed E-state index contributed by atoms with van der Waals surface area (Å²) in [5.41, 5.74) is 22.7. The lowest BCUT2D eigenvalue weighted by Crippen LogP contribution is -2.21. The van der Waals surface area contributed by atoms with Gasteiger partial charge in [0.25, 0.3) is 0 Å². The van der Waals surface area contributed by atoms with Gasteiger partial charge in [-0.3, -0.25) is 0 Å². The van der Waals surface area contributed by atoms with Gasteiger partial charge in [-0.15, -0.1) is 0 Å². The zero-order chi connectivity index (χ0) is 49.4. The molecule has 2 aromatic rings. The van der Waals surface area contributed by atoms with Crippen molar-refractivity contribution in [3.05, 3.63) is 45.1 Å². The first-order valence-electron chi connectivity index (χ1n) is 30.2. The SMILES string of the molecule is NCCCCCCCCCCCCOC1=c2ccc3c4c(ccc(c24)=C1OCCCCCCCCCCCCN)=C(OCCCCCCCCCCCCN)C=3OCCCCCCCCCCCCN. The van der Waals surface area contributed by atoms with Crippen molar-refractivity contribution in [1.29, 1.82) is 0 Å². The Hall–Kier alpha value is -2.78. The summed E-state index contributed by atoms with van der Waals surface area (Å²) in [5, 5.41) is 7.11. The molecule has 0 aliphatic heterocycles. The van der Waals surface area contributed by atoms with E-state index >= 15 is 0 Å². The molecule has 8 nitrogen and oxygen atoms in total. The molecule has 4 rings (SSSR count).